The summed E-state index contributed by atoms with van der Waals surface area (Å²) in [5, 5.41) is 5.14. The van der Waals surface area contributed by atoms with E-state index < -0.39 is 36.2 Å². The molecule has 0 saturated carbocycles. The van der Waals surface area contributed by atoms with Gasteiger partial charge in [-0.15, -0.1) is 0 Å². The number of benzene rings is 2. The van der Waals surface area contributed by atoms with Gasteiger partial charge in [-0.3, -0.25) is 9.59 Å². The summed E-state index contributed by atoms with van der Waals surface area (Å²) in [5.74, 6) is -2.09. The number of amides is 2. The van der Waals surface area contributed by atoms with Crippen molar-refractivity contribution in [3.8, 4) is 5.75 Å². The van der Waals surface area contributed by atoms with Crippen LogP contribution >= 0.6 is 0 Å². The first kappa shape index (κ1) is 22.9. The van der Waals surface area contributed by atoms with Crippen molar-refractivity contribution in [2.75, 3.05) is 18.5 Å². The van der Waals surface area contributed by atoms with Crippen molar-refractivity contribution in [1.82, 2.24) is 5.32 Å². The van der Waals surface area contributed by atoms with Gasteiger partial charge in [0.15, 0.2) is 6.61 Å². The van der Waals surface area contributed by atoms with Crippen LogP contribution in [-0.4, -0.2) is 37.0 Å². The Kier molecular flexibility index (Phi) is 8.34. The molecule has 0 unspecified atom stereocenters. The lowest BCUT2D eigenvalue weighted by Gasteiger charge is -2.21. The SMILES string of the molecule is CCOc1ccccc1C(=O)N[C@H](C(=O)OCC(=O)Nc1ccc(F)cc1)C(C)C. The van der Waals surface area contributed by atoms with Crippen molar-refractivity contribution in [1.29, 1.82) is 0 Å². The van der Waals surface area contributed by atoms with Gasteiger partial charge in [-0.2, -0.15) is 0 Å². The molecule has 0 saturated heterocycles. The largest absolute Gasteiger partial charge is 0.493 e. The number of rotatable bonds is 9. The fourth-order valence-electron chi connectivity index (χ4n) is 2.61. The Hall–Kier alpha value is -3.42. The van der Waals surface area contributed by atoms with Gasteiger partial charge in [0, 0.05) is 5.69 Å². The molecular formula is C22H25FN2O5. The normalized spacial score (nSPS) is 11.5. The van der Waals surface area contributed by atoms with Crippen LogP contribution in [0.5, 0.6) is 5.75 Å². The highest BCUT2D eigenvalue weighted by Crippen LogP contribution is 2.18. The Labute approximate surface area is 174 Å². The van der Waals surface area contributed by atoms with E-state index in [1.807, 2.05) is 0 Å². The smallest absolute Gasteiger partial charge is 0.329 e. The molecular weight excluding hydrogens is 391 g/mol. The highest BCUT2D eigenvalue weighted by Gasteiger charge is 2.27. The van der Waals surface area contributed by atoms with Gasteiger partial charge in [0.2, 0.25) is 0 Å². The third kappa shape index (κ3) is 6.58. The molecule has 2 amide bonds. The molecule has 2 N–H and O–H groups in total. The van der Waals surface area contributed by atoms with E-state index in [1.54, 1.807) is 45.0 Å². The Morgan fingerprint density at radius 2 is 1.70 bits per heavy atom. The quantitative estimate of drug-likeness (QED) is 0.613. The minimum atomic E-state index is -0.953. The van der Waals surface area contributed by atoms with Gasteiger partial charge < -0.3 is 20.1 Å². The second kappa shape index (κ2) is 10.9. The number of ether oxygens (including phenoxy) is 2. The van der Waals surface area contributed by atoms with E-state index in [9.17, 15) is 18.8 Å². The zero-order valence-corrected chi connectivity index (χ0v) is 17.1. The van der Waals surface area contributed by atoms with Crippen LogP contribution in [0.15, 0.2) is 48.5 Å². The summed E-state index contributed by atoms with van der Waals surface area (Å²) >= 11 is 0. The van der Waals surface area contributed by atoms with Crippen LogP contribution < -0.4 is 15.4 Å². The Balaban J connectivity index is 1.96. The molecule has 0 heterocycles. The van der Waals surface area contributed by atoms with Crippen LogP contribution in [0.1, 0.15) is 31.1 Å². The molecule has 160 valence electrons. The maximum Gasteiger partial charge on any atom is 0.329 e. The van der Waals surface area contributed by atoms with E-state index in [4.69, 9.17) is 9.47 Å². The molecule has 7 nitrogen and oxygen atoms in total. The third-order valence-corrected chi connectivity index (χ3v) is 4.11. The first-order valence-corrected chi connectivity index (χ1v) is 9.56. The van der Waals surface area contributed by atoms with E-state index in [0.717, 1.165) is 0 Å². The summed E-state index contributed by atoms with van der Waals surface area (Å²) < 4.78 is 23.4. The molecule has 0 fully saturated rings. The van der Waals surface area contributed by atoms with E-state index in [2.05, 4.69) is 10.6 Å². The number of hydrogen-bond acceptors (Lipinski definition) is 5. The van der Waals surface area contributed by atoms with Crippen LogP contribution in [0.25, 0.3) is 0 Å². The van der Waals surface area contributed by atoms with E-state index in [0.29, 0.717) is 23.6 Å². The minimum Gasteiger partial charge on any atom is -0.493 e. The van der Waals surface area contributed by atoms with Gasteiger partial charge in [0.25, 0.3) is 11.8 Å². The molecule has 0 aliphatic rings. The first-order chi connectivity index (χ1) is 14.3. The number of carbonyl (C=O) groups excluding carboxylic acids is 3. The summed E-state index contributed by atoms with van der Waals surface area (Å²) in [6, 6.07) is 10.9. The number of hydrogen-bond donors (Lipinski definition) is 2. The van der Waals surface area contributed by atoms with E-state index in [-0.39, 0.29) is 5.92 Å². The third-order valence-electron chi connectivity index (χ3n) is 4.11. The summed E-state index contributed by atoms with van der Waals surface area (Å²) in [4.78, 5) is 37.1. The average molecular weight is 416 g/mol. The zero-order chi connectivity index (χ0) is 22.1. The number of anilines is 1. The van der Waals surface area contributed by atoms with Crippen molar-refractivity contribution in [3.63, 3.8) is 0 Å². The van der Waals surface area contributed by atoms with Crippen molar-refractivity contribution in [2.24, 2.45) is 5.92 Å². The predicted molar refractivity (Wildman–Crippen MR) is 110 cm³/mol. The van der Waals surface area contributed by atoms with E-state index >= 15 is 0 Å². The number of carbonyl (C=O) groups is 3. The van der Waals surface area contributed by atoms with Crippen LogP contribution in [0.2, 0.25) is 0 Å². The summed E-state index contributed by atoms with van der Waals surface area (Å²) in [7, 11) is 0. The second-order valence-electron chi connectivity index (χ2n) is 6.79. The van der Waals surface area contributed by atoms with Crippen LogP contribution in [0, 0.1) is 11.7 Å². The van der Waals surface area contributed by atoms with Gasteiger partial charge in [-0.05, 0) is 49.2 Å². The Bertz CT molecular complexity index is 883. The van der Waals surface area contributed by atoms with Crippen molar-refractivity contribution < 1.29 is 28.2 Å². The topological polar surface area (TPSA) is 93.7 Å². The highest BCUT2D eigenvalue weighted by atomic mass is 19.1. The minimum absolute atomic E-state index is 0.277. The molecule has 0 radical (unpaired) electrons. The summed E-state index contributed by atoms with van der Waals surface area (Å²) in [5.41, 5.74) is 0.672. The van der Waals surface area contributed by atoms with Gasteiger partial charge >= 0.3 is 5.97 Å². The standard InChI is InChI=1S/C22H25FN2O5/c1-4-29-18-8-6-5-7-17(18)21(27)25-20(14(2)3)22(28)30-13-19(26)24-16-11-9-15(23)10-12-16/h5-12,14,20H,4,13H2,1-3H3,(H,24,26)(H,25,27)/t20-/m0/s1. The average Bonchev–Trinajstić information content (AvgIpc) is 2.72. The van der Waals surface area contributed by atoms with Crippen molar-refractivity contribution in [3.05, 3.63) is 59.9 Å². The maximum absolute atomic E-state index is 12.9. The molecule has 2 aromatic carbocycles. The van der Waals surface area contributed by atoms with Crippen LogP contribution in [0.3, 0.4) is 0 Å². The van der Waals surface area contributed by atoms with Crippen molar-refractivity contribution >= 4 is 23.5 Å². The molecule has 2 aromatic rings. The van der Waals surface area contributed by atoms with Gasteiger partial charge in [-0.1, -0.05) is 26.0 Å². The summed E-state index contributed by atoms with van der Waals surface area (Å²) in [6.07, 6.45) is 0. The number of para-hydroxylation sites is 1. The molecule has 0 spiro atoms. The molecule has 0 aromatic heterocycles. The monoisotopic (exact) mass is 416 g/mol. The number of halogens is 1. The van der Waals surface area contributed by atoms with Crippen LogP contribution in [-0.2, 0) is 14.3 Å². The Morgan fingerprint density at radius 3 is 2.33 bits per heavy atom. The molecule has 8 heteroatoms. The van der Waals surface area contributed by atoms with Crippen molar-refractivity contribution in [2.45, 2.75) is 26.8 Å². The van der Waals surface area contributed by atoms with E-state index in [1.165, 1.54) is 24.3 Å². The second-order valence-corrected chi connectivity index (χ2v) is 6.79. The summed E-state index contributed by atoms with van der Waals surface area (Å²) in [6.45, 7) is 5.16. The maximum atomic E-state index is 12.9. The fraction of sp³-hybridized carbons (Fsp3) is 0.318. The van der Waals surface area contributed by atoms with Gasteiger partial charge in [0.05, 0.1) is 12.2 Å². The lowest BCUT2D eigenvalue weighted by molar-refractivity contribution is -0.150. The highest BCUT2D eigenvalue weighted by molar-refractivity contribution is 5.99. The Morgan fingerprint density at radius 1 is 1.03 bits per heavy atom. The lowest BCUT2D eigenvalue weighted by Crippen LogP contribution is -2.46. The lowest BCUT2D eigenvalue weighted by atomic mass is 10.0. The molecule has 1 atom stereocenters. The van der Waals surface area contributed by atoms with Gasteiger partial charge in [-0.25, -0.2) is 9.18 Å². The number of nitrogens with one attached hydrogen (secondary N) is 2. The molecule has 0 aliphatic heterocycles. The molecule has 0 aliphatic carbocycles. The predicted octanol–water partition coefficient (Wildman–Crippen LogP) is 3.16. The molecule has 2 rings (SSSR count). The van der Waals surface area contributed by atoms with Gasteiger partial charge in [0.1, 0.15) is 17.6 Å². The molecule has 30 heavy (non-hydrogen) atoms. The van der Waals surface area contributed by atoms with Crippen LogP contribution in [0.4, 0.5) is 10.1 Å². The fourth-order valence-corrected chi connectivity index (χ4v) is 2.61. The zero-order valence-electron chi connectivity index (χ0n) is 17.1. The number of esters is 1. The first-order valence-electron chi connectivity index (χ1n) is 9.56. The molecule has 0 bridgehead atoms.